The zero-order valence-electron chi connectivity index (χ0n) is 16.5. The van der Waals surface area contributed by atoms with Gasteiger partial charge in [0, 0.05) is 37.2 Å². The Morgan fingerprint density at radius 1 is 1.26 bits per heavy atom. The Kier molecular flexibility index (Phi) is 6.16. The predicted octanol–water partition coefficient (Wildman–Crippen LogP) is 3.75. The zero-order valence-corrected chi connectivity index (χ0v) is 16.5. The van der Waals surface area contributed by atoms with Crippen LogP contribution in [-0.4, -0.2) is 45.3 Å². The van der Waals surface area contributed by atoms with E-state index in [1.165, 1.54) is 18.4 Å². The zero-order chi connectivity index (χ0) is 19.3. The second-order valence-corrected chi connectivity index (χ2v) is 8.14. The third-order valence-corrected chi connectivity index (χ3v) is 4.75. The van der Waals surface area contributed by atoms with Gasteiger partial charge in [-0.2, -0.15) is 0 Å². The van der Waals surface area contributed by atoms with E-state index in [4.69, 9.17) is 4.74 Å². The third-order valence-electron chi connectivity index (χ3n) is 4.75. The number of imidazole rings is 1. The summed E-state index contributed by atoms with van der Waals surface area (Å²) in [4.78, 5) is 18.5. The number of nitrogens with one attached hydrogen (secondary N) is 1. The average Bonchev–Trinajstić information content (AvgIpc) is 3.15. The van der Waals surface area contributed by atoms with Crippen LogP contribution in [0.4, 0.5) is 4.79 Å². The number of piperidine rings is 1. The van der Waals surface area contributed by atoms with Crippen molar-refractivity contribution in [2.45, 2.75) is 58.2 Å². The highest BCUT2D eigenvalue weighted by Gasteiger charge is 2.24. The van der Waals surface area contributed by atoms with Gasteiger partial charge in [-0.3, -0.25) is 4.90 Å². The van der Waals surface area contributed by atoms with Crippen molar-refractivity contribution < 1.29 is 9.53 Å². The monoisotopic (exact) mass is 370 g/mol. The Labute approximate surface area is 161 Å². The summed E-state index contributed by atoms with van der Waals surface area (Å²) in [6, 6.07) is 8.92. The number of carbonyl (C=O) groups is 1. The van der Waals surface area contributed by atoms with Gasteiger partial charge in [-0.15, -0.1) is 0 Å². The molecule has 1 N–H and O–H groups in total. The Morgan fingerprint density at radius 3 is 2.70 bits per heavy atom. The summed E-state index contributed by atoms with van der Waals surface area (Å²) in [7, 11) is 0. The molecule has 27 heavy (non-hydrogen) atoms. The molecule has 3 rings (SSSR count). The summed E-state index contributed by atoms with van der Waals surface area (Å²) in [6.45, 7) is 8.23. The summed E-state index contributed by atoms with van der Waals surface area (Å²) in [5.74, 6) is 0. The minimum Gasteiger partial charge on any atom is -0.444 e. The molecule has 1 amide bonds. The maximum atomic E-state index is 12.0. The minimum atomic E-state index is -0.465. The van der Waals surface area contributed by atoms with Gasteiger partial charge in [0.2, 0.25) is 0 Å². The fraction of sp³-hybridized carbons (Fsp3) is 0.524. The van der Waals surface area contributed by atoms with E-state index in [2.05, 4.69) is 39.5 Å². The summed E-state index contributed by atoms with van der Waals surface area (Å²) in [5, 5.41) is 2.94. The van der Waals surface area contributed by atoms with E-state index in [-0.39, 0.29) is 6.09 Å². The van der Waals surface area contributed by atoms with Crippen LogP contribution >= 0.6 is 0 Å². The van der Waals surface area contributed by atoms with E-state index in [0.29, 0.717) is 12.6 Å². The topological polar surface area (TPSA) is 59.4 Å². The molecule has 6 nitrogen and oxygen atoms in total. The first-order chi connectivity index (χ1) is 12.9. The minimum absolute atomic E-state index is 0.335. The molecular formula is C21H30N4O2. The second kappa shape index (κ2) is 8.57. The maximum Gasteiger partial charge on any atom is 0.407 e. The lowest BCUT2D eigenvalue weighted by atomic mass is 10.0. The van der Waals surface area contributed by atoms with Crippen molar-refractivity contribution >= 4 is 6.09 Å². The van der Waals surface area contributed by atoms with Crippen molar-refractivity contribution in [3.63, 3.8) is 0 Å². The second-order valence-electron chi connectivity index (χ2n) is 8.14. The molecule has 1 aliphatic rings. The van der Waals surface area contributed by atoms with Crippen LogP contribution in [-0.2, 0) is 11.3 Å². The van der Waals surface area contributed by atoms with Gasteiger partial charge < -0.3 is 14.6 Å². The van der Waals surface area contributed by atoms with E-state index in [9.17, 15) is 4.79 Å². The number of likely N-dealkylation sites (tertiary alicyclic amines) is 1. The summed E-state index contributed by atoms with van der Waals surface area (Å²) in [6.07, 6.45) is 8.70. The van der Waals surface area contributed by atoms with Gasteiger partial charge >= 0.3 is 6.09 Å². The van der Waals surface area contributed by atoms with Gasteiger partial charge in [0.15, 0.2) is 0 Å². The first-order valence-corrected chi connectivity index (χ1v) is 9.69. The number of rotatable bonds is 5. The number of aromatic nitrogens is 2. The first kappa shape index (κ1) is 19.4. The molecular weight excluding hydrogens is 340 g/mol. The fourth-order valence-electron chi connectivity index (χ4n) is 3.43. The number of ether oxygens (including phenoxy) is 1. The number of nitrogens with zero attached hydrogens (tertiary/aromatic N) is 3. The predicted molar refractivity (Wildman–Crippen MR) is 106 cm³/mol. The summed E-state index contributed by atoms with van der Waals surface area (Å²) < 4.78 is 7.35. The van der Waals surface area contributed by atoms with Gasteiger partial charge in [-0.25, -0.2) is 9.78 Å². The van der Waals surface area contributed by atoms with Crippen molar-refractivity contribution in [2.75, 3.05) is 13.1 Å². The molecule has 2 aromatic rings. The van der Waals surface area contributed by atoms with Crippen LogP contribution < -0.4 is 5.32 Å². The number of amides is 1. The van der Waals surface area contributed by atoms with Crippen LogP contribution in [0.3, 0.4) is 0 Å². The van der Waals surface area contributed by atoms with Crippen LogP contribution in [0.2, 0.25) is 0 Å². The lowest BCUT2D eigenvalue weighted by Gasteiger charge is -2.36. The molecule has 1 unspecified atom stereocenters. The molecule has 0 bridgehead atoms. The van der Waals surface area contributed by atoms with E-state index in [1.54, 1.807) is 12.5 Å². The number of carbonyl (C=O) groups excluding carboxylic acids is 1. The van der Waals surface area contributed by atoms with E-state index in [0.717, 1.165) is 25.2 Å². The van der Waals surface area contributed by atoms with E-state index >= 15 is 0 Å². The number of alkyl carbamates (subject to hydrolysis) is 1. The van der Waals surface area contributed by atoms with Gasteiger partial charge in [-0.05, 0) is 57.9 Å². The lowest BCUT2D eigenvalue weighted by Crippen LogP contribution is -2.47. The van der Waals surface area contributed by atoms with Crippen LogP contribution in [0.25, 0.3) is 5.69 Å². The van der Waals surface area contributed by atoms with Crippen LogP contribution in [0.15, 0.2) is 43.0 Å². The van der Waals surface area contributed by atoms with Crippen molar-refractivity contribution in [3.8, 4) is 5.69 Å². The average molecular weight is 370 g/mol. The molecule has 0 radical (unpaired) electrons. The highest BCUT2D eigenvalue weighted by Crippen LogP contribution is 2.20. The third kappa shape index (κ3) is 5.82. The first-order valence-electron chi connectivity index (χ1n) is 9.69. The van der Waals surface area contributed by atoms with E-state index < -0.39 is 5.60 Å². The molecule has 1 aliphatic heterocycles. The molecule has 1 saturated heterocycles. The van der Waals surface area contributed by atoms with Crippen molar-refractivity contribution in [1.29, 1.82) is 0 Å². The molecule has 2 heterocycles. The molecule has 1 atom stereocenters. The highest BCUT2D eigenvalue weighted by molar-refractivity contribution is 5.67. The van der Waals surface area contributed by atoms with Gasteiger partial charge in [-0.1, -0.05) is 18.6 Å². The van der Waals surface area contributed by atoms with Gasteiger partial charge in [0.25, 0.3) is 0 Å². The molecule has 1 aromatic heterocycles. The quantitative estimate of drug-likeness (QED) is 0.871. The number of benzene rings is 1. The van der Waals surface area contributed by atoms with Crippen LogP contribution in [0, 0.1) is 0 Å². The SMILES string of the molecule is CC(C)(C)OC(=O)NCC1CCCCN1Cc1ccc(-n2ccnc2)cc1. The Hall–Kier alpha value is -2.34. The number of hydrogen-bond donors (Lipinski definition) is 1. The molecule has 0 aliphatic carbocycles. The number of hydrogen-bond acceptors (Lipinski definition) is 4. The van der Waals surface area contributed by atoms with Crippen molar-refractivity contribution in [3.05, 3.63) is 48.5 Å². The Balaban J connectivity index is 1.56. The summed E-state index contributed by atoms with van der Waals surface area (Å²) in [5.41, 5.74) is 1.92. The lowest BCUT2D eigenvalue weighted by molar-refractivity contribution is 0.0492. The van der Waals surface area contributed by atoms with Gasteiger partial charge in [0.1, 0.15) is 5.60 Å². The van der Waals surface area contributed by atoms with E-state index in [1.807, 2.05) is 31.5 Å². The highest BCUT2D eigenvalue weighted by atomic mass is 16.6. The molecule has 0 spiro atoms. The normalized spacial score (nSPS) is 18.3. The molecule has 1 fully saturated rings. The summed E-state index contributed by atoms with van der Waals surface area (Å²) >= 11 is 0. The Morgan fingerprint density at radius 2 is 2.04 bits per heavy atom. The largest absolute Gasteiger partial charge is 0.444 e. The van der Waals surface area contributed by atoms with Crippen LogP contribution in [0.1, 0.15) is 45.6 Å². The van der Waals surface area contributed by atoms with Crippen molar-refractivity contribution in [2.24, 2.45) is 0 Å². The van der Waals surface area contributed by atoms with Crippen molar-refractivity contribution in [1.82, 2.24) is 19.8 Å². The Bertz CT molecular complexity index is 720. The molecule has 1 aromatic carbocycles. The smallest absolute Gasteiger partial charge is 0.407 e. The standard InChI is InChI=1S/C21H30N4O2/c1-21(2,3)27-20(26)23-14-19-6-4-5-12-24(19)15-17-7-9-18(10-8-17)25-13-11-22-16-25/h7-11,13,16,19H,4-6,12,14-15H2,1-3H3,(H,23,26). The molecule has 6 heteroatoms. The molecule has 146 valence electrons. The maximum absolute atomic E-state index is 12.0. The van der Waals surface area contributed by atoms with Gasteiger partial charge in [0.05, 0.1) is 6.33 Å². The fourth-order valence-corrected chi connectivity index (χ4v) is 3.43. The molecule has 0 saturated carbocycles. The van der Waals surface area contributed by atoms with Crippen LogP contribution in [0.5, 0.6) is 0 Å².